The van der Waals surface area contributed by atoms with Crippen LogP contribution in [-0.4, -0.2) is 46.2 Å². The molecule has 2 unspecified atom stereocenters. The Kier molecular flexibility index (Phi) is 9.58. The molecule has 1 aliphatic rings. The fourth-order valence-electron chi connectivity index (χ4n) is 6.12. The fraction of sp³-hybridized carbons (Fsp3) is 0.273. The van der Waals surface area contributed by atoms with E-state index in [4.69, 9.17) is 0 Å². The maximum atomic E-state index is 3.61. The quantitative estimate of drug-likeness (QED) is 0.229. The summed E-state index contributed by atoms with van der Waals surface area (Å²) in [5.41, 5.74) is 5.15. The van der Waals surface area contributed by atoms with Gasteiger partial charge in [0, 0.05) is 75.3 Å². The van der Waals surface area contributed by atoms with Crippen LogP contribution in [0.4, 0.5) is 0 Å². The number of halogens is 2. The van der Waals surface area contributed by atoms with Gasteiger partial charge in [0.15, 0.2) is 0 Å². The Morgan fingerprint density at radius 3 is 1.54 bits per heavy atom. The van der Waals surface area contributed by atoms with E-state index >= 15 is 0 Å². The highest BCUT2D eigenvalue weighted by Crippen LogP contribution is 2.29. The van der Waals surface area contributed by atoms with E-state index in [0.29, 0.717) is 12.1 Å². The van der Waals surface area contributed by atoms with Crippen molar-refractivity contribution in [2.45, 2.75) is 38.9 Å². The molecule has 6 heteroatoms. The second kappa shape index (κ2) is 12.9. The molecule has 7 rings (SSSR count). The van der Waals surface area contributed by atoms with Crippen LogP contribution in [0.2, 0.25) is 0 Å². The van der Waals surface area contributed by atoms with Crippen LogP contribution in [0, 0.1) is 0 Å². The van der Waals surface area contributed by atoms with Crippen LogP contribution >= 0.6 is 24.8 Å². The highest BCUT2D eigenvalue weighted by atomic mass is 35.5. The van der Waals surface area contributed by atoms with Crippen LogP contribution < -0.4 is 5.32 Å². The van der Waals surface area contributed by atoms with Gasteiger partial charge in [-0.25, -0.2) is 0 Å². The summed E-state index contributed by atoms with van der Waals surface area (Å²) in [5, 5.41) is 8.97. The van der Waals surface area contributed by atoms with Crippen LogP contribution in [0.5, 0.6) is 0 Å². The Bertz CT molecular complexity index is 1540. The van der Waals surface area contributed by atoms with Crippen molar-refractivity contribution in [3.63, 3.8) is 0 Å². The molecule has 4 aromatic carbocycles. The highest BCUT2D eigenvalue weighted by Gasteiger charge is 2.20. The van der Waals surface area contributed by atoms with Gasteiger partial charge in [0.2, 0.25) is 0 Å². The summed E-state index contributed by atoms with van der Waals surface area (Å²) >= 11 is 0. The number of hydrogen-bond donors (Lipinski definition) is 2. The number of hydrogen-bond acceptors (Lipinski definition) is 2. The zero-order valence-corrected chi connectivity index (χ0v) is 24.3. The fourth-order valence-corrected chi connectivity index (χ4v) is 6.12. The Hall–Kier alpha value is -3.02. The molecule has 0 spiro atoms. The number of nitrogens with zero attached hydrogens (tertiary/aromatic N) is 2. The van der Waals surface area contributed by atoms with Crippen LogP contribution in [0.3, 0.4) is 0 Å². The molecular formula is C33H38Cl2N4. The predicted octanol–water partition coefficient (Wildman–Crippen LogP) is 8.03. The molecule has 204 valence electrons. The zero-order valence-electron chi connectivity index (χ0n) is 22.6. The molecule has 0 radical (unpaired) electrons. The van der Waals surface area contributed by atoms with Gasteiger partial charge >= 0.3 is 0 Å². The Labute approximate surface area is 243 Å². The first-order chi connectivity index (χ1) is 18.2. The van der Waals surface area contributed by atoms with Crippen LogP contribution in [-0.2, 0) is 6.54 Å². The number of fused-ring (bicyclic) bond motifs is 6. The standard InChI is InChI=1S/C21H27N3.C12H9N.2ClH/c1-16-14-23(15-17(2)22-16)12-7-13-24-20-10-5-3-8-18(20)19-9-4-6-11-21(19)24;1-3-7-11-9(5-1)10-6-2-4-8-12(10)13-11;;/h3-6,8-11,16-17,22H,7,12-15H2,1-2H3;1-8,13H;2*1H. The van der Waals surface area contributed by atoms with E-state index in [-0.39, 0.29) is 24.8 Å². The van der Waals surface area contributed by atoms with E-state index in [0.717, 1.165) is 19.6 Å². The first-order valence-corrected chi connectivity index (χ1v) is 13.6. The van der Waals surface area contributed by atoms with E-state index in [2.05, 4.69) is 131 Å². The van der Waals surface area contributed by atoms with Crippen molar-refractivity contribution < 1.29 is 0 Å². The van der Waals surface area contributed by atoms with Gasteiger partial charge in [0.25, 0.3) is 0 Å². The smallest absolute Gasteiger partial charge is 0.0491 e. The Balaban J connectivity index is 0.000000200. The third kappa shape index (κ3) is 6.10. The number of aromatic nitrogens is 2. The van der Waals surface area contributed by atoms with Gasteiger partial charge in [0.05, 0.1) is 0 Å². The lowest BCUT2D eigenvalue weighted by Gasteiger charge is -2.36. The third-order valence-corrected chi connectivity index (χ3v) is 7.58. The molecule has 6 aromatic rings. The summed E-state index contributed by atoms with van der Waals surface area (Å²) < 4.78 is 2.50. The van der Waals surface area contributed by atoms with Crippen molar-refractivity contribution in [3.8, 4) is 0 Å². The lowest BCUT2D eigenvalue weighted by atomic mass is 10.1. The van der Waals surface area contributed by atoms with Crippen molar-refractivity contribution in [2.24, 2.45) is 0 Å². The van der Waals surface area contributed by atoms with Crippen molar-refractivity contribution >= 4 is 68.4 Å². The molecule has 39 heavy (non-hydrogen) atoms. The largest absolute Gasteiger partial charge is 0.355 e. The van der Waals surface area contributed by atoms with Gasteiger partial charge in [-0.05, 0) is 51.1 Å². The Morgan fingerprint density at radius 2 is 1.03 bits per heavy atom. The van der Waals surface area contributed by atoms with Crippen LogP contribution in [0.1, 0.15) is 20.3 Å². The second-order valence-electron chi connectivity index (χ2n) is 10.5. The number of aryl methyl sites for hydroxylation is 1. The number of rotatable bonds is 4. The number of benzene rings is 4. The Morgan fingerprint density at radius 1 is 0.590 bits per heavy atom. The summed E-state index contributed by atoms with van der Waals surface area (Å²) in [6.45, 7) is 9.16. The summed E-state index contributed by atoms with van der Waals surface area (Å²) in [5.74, 6) is 0. The topological polar surface area (TPSA) is 36.0 Å². The first kappa shape index (κ1) is 29.0. The molecule has 0 bridgehead atoms. The van der Waals surface area contributed by atoms with Gasteiger partial charge < -0.3 is 19.8 Å². The third-order valence-electron chi connectivity index (χ3n) is 7.58. The van der Waals surface area contributed by atoms with Crippen molar-refractivity contribution in [1.29, 1.82) is 0 Å². The number of para-hydroxylation sites is 4. The van der Waals surface area contributed by atoms with E-state index in [1.807, 2.05) is 0 Å². The molecule has 2 N–H and O–H groups in total. The van der Waals surface area contributed by atoms with Crippen LogP contribution in [0.15, 0.2) is 97.1 Å². The summed E-state index contributed by atoms with van der Waals surface area (Å²) in [6, 6.07) is 35.5. The molecule has 0 saturated carbocycles. The normalized spacial score (nSPS) is 17.5. The monoisotopic (exact) mass is 560 g/mol. The molecule has 1 aliphatic heterocycles. The average Bonchev–Trinajstić information content (AvgIpc) is 3.45. The molecule has 0 aliphatic carbocycles. The summed E-state index contributed by atoms with van der Waals surface area (Å²) in [7, 11) is 0. The van der Waals surface area contributed by atoms with Gasteiger partial charge in [-0.3, -0.25) is 0 Å². The van der Waals surface area contributed by atoms with Gasteiger partial charge in [-0.2, -0.15) is 0 Å². The summed E-state index contributed by atoms with van der Waals surface area (Å²) in [4.78, 5) is 5.99. The highest BCUT2D eigenvalue weighted by molar-refractivity contribution is 6.08. The van der Waals surface area contributed by atoms with E-state index in [1.54, 1.807) is 0 Å². The maximum Gasteiger partial charge on any atom is 0.0491 e. The van der Waals surface area contributed by atoms with Gasteiger partial charge in [-0.1, -0.05) is 72.8 Å². The van der Waals surface area contributed by atoms with Gasteiger partial charge in [-0.15, -0.1) is 24.8 Å². The maximum absolute atomic E-state index is 3.61. The minimum Gasteiger partial charge on any atom is -0.355 e. The molecule has 1 fully saturated rings. The van der Waals surface area contributed by atoms with Crippen LogP contribution in [0.25, 0.3) is 43.6 Å². The number of nitrogens with one attached hydrogen (secondary N) is 2. The first-order valence-electron chi connectivity index (χ1n) is 13.6. The molecular weight excluding hydrogens is 523 g/mol. The molecule has 1 saturated heterocycles. The molecule has 2 atom stereocenters. The number of H-pyrrole nitrogens is 1. The van der Waals surface area contributed by atoms with Crippen molar-refractivity contribution in [2.75, 3.05) is 19.6 Å². The number of aromatic amines is 1. The molecule has 2 aromatic heterocycles. The molecule has 0 amide bonds. The van der Waals surface area contributed by atoms with E-state index in [1.165, 1.54) is 56.6 Å². The second-order valence-corrected chi connectivity index (χ2v) is 10.5. The molecule has 3 heterocycles. The lowest BCUT2D eigenvalue weighted by Crippen LogP contribution is -2.54. The zero-order chi connectivity index (χ0) is 25.2. The summed E-state index contributed by atoms with van der Waals surface area (Å²) in [6.07, 6.45) is 1.20. The molecule has 4 nitrogen and oxygen atoms in total. The SMILES string of the molecule is CC1CN(CCCn2c3ccccc3c3ccccc32)CC(C)N1.Cl.Cl.c1ccc2c(c1)[nH]c1ccccc12. The average molecular weight is 562 g/mol. The van der Waals surface area contributed by atoms with Crippen molar-refractivity contribution in [3.05, 3.63) is 97.1 Å². The minimum atomic E-state index is 0. The predicted molar refractivity (Wildman–Crippen MR) is 173 cm³/mol. The van der Waals surface area contributed by atoms with Crippen molar-refractivity contribution in [1.82, 2.24) is 19.8 Å². The minimum absolute atomic E-state index is 0. The van der Waals surface area contributed by atoms with E-state index in [9.17, 15) is 0 Å². The van der Waals surface area contributed by atoms with E-state index < -0.39 is 0 Å². The van der Waals surface area contributed by atoms with Gasteiger partial charge in [0.1, 0.15) is 0 Å². The number of piperazine rings is 1. The lowest BCUT2D eigenvalue weighted by molar-refractivity contribution is 0.170.